The summed E-state index contributed by atoms with van der Waals surface area (Å²) in [7, 11) is -5.45. The molecule has 0 saturated carbocycles. The summed E-state index contributed by atoms with van der Waals surface area (Å²) in [6.45, 7) is 13.4. The molecule has 2 aliphatic heterocycles. The Morgan fingerprint density at radius 2 is 1.10 bits per heavy atom. The molecule has 2 fully saturated rings. The highest BCUT2D eigenvalue weighted by molar-refractivity contribution is 14.1. The van der Waals surface area contributed by atoms with E-state index in [1.54, 1.807) is 55.4 Å². The third-order valence-electron chi connectivity index (χ3n) is 8.20. The second-order valence-electron chi connectivity index (χ2n) is 14.5. The highest BCUT2D eigenvalue weighted by Crippen LogP contribution is 2.29. The van der Waals surface area contributed by atoms with E-state index in [0.717, 1.165) is 13.0 Å². The summed E-state index contributed by atoms with van der Waals surface area (Å²) in [5.74, 6) is 9.82. The number of ether oxygens (including phenoxy) is 5. The Labute approximate surface area is 361 Å². The molecule has 2 aromatic carbocycles. The third kappa shape index (κ3) is 15.8. The highest BCUT2D eigenvalue weighted by atomic mass is 127. The Balaban J connectivity index is 0.000000352. The first-order valence-electron chi connectivity index (χ1n) is 18.3. The van der Waals surface area contributed by atoms with Crippen LogP contribution in [0.15, 0.2) is 58.3 Å². The quantitative estimate of drug-likeness (QED) is 0.150. The zero-order valence-electron chi connectivity index (χ0n) is 34.8. The van der Waals surface area contributed by atoms with Gasteiger partial charge in [0.1, 0.15) is 41.4 Å². The number of nitrogens with zero attached hydrogens (tertiary/aromatic N) is 2. The molecule has 59 heavy (non-hydrogen) atoms. The number of phenolic OH excluding ortho intramolecular Hbond substituents is 1. The minimum Gasteiger partial charge on any atom is -0.508 e. The fraction of sp³-hybridized carbons (Fsp3) is 0.550. The Kier molecular flexibility index (Phi) is 19.6. The van der Waals surface area contributed by atoms with Crippen LogP contribution in [0.4, 0.5) is 0 Å². The summed E-state index contributed by atoms with van der Waals surface area (Å²) in [5, 5.41) is 27.8. The van der Waals surface area contributed by atoms with Gasteiger partial charge >= 0.3 is 11.9 Å². The Hall–Kier alpha value is -3.51. The van der Waals surface area contributed by atoms with Crippen molar-refractivity contribution in [2.75, 3.05) is 38.3 Å². The second kappa shape index (κ2) is 22.4. The van der Waals surface area contributed by atoms with Crippen molar-refractivity contribution >= 4 is 54.6 Å². The zero-order valence-corrected chi connectivity index (χ0v) is 38.6. The molecule has 3 N–H and O–H groups in total. The van der Waals surface area contributed by atoms with E-state index in [1.165, 1.54) is 62.8 Å². The monoisotopic (exact) mass is 978 g/mol. The molecule has 0 aromatic heterocycles. The number of methoxy groups -OCH3 is 2. The van der Waals surface area contributed by atoms with Crippen molar-refractivity contribution in [3.63, 3.8) is 0 Å². The summed E-state index contributed by atoms with van der Waals surface area (Å²) in [4.78, 5) is 24.2. The van der Waals surface area contributed by atoms with Crippen molar-refractivity contribution in [2.24, 2.45) is 0 Å². The molecule has 0 radical (unpaired) electrons. The van der Waals surface area contributed by atoms with E-state index in [9.17, 15) is 36.6 Å². The number of benzene rings is 2. The number of aromatic hydroxyl groups is 1. The molecule has 2 heterocycles. The van der Waals surface area contributed by atoms with Crippen molar-refractivity contribution in [3.8, 4) is 35.2 Å². The Morgan fingerprint density at radius 1 is 0.729 bits per heavy atom. The molecule has 2 aliphatic rings. The van der Waals surface area contributed by atoms with Crippen LogP contribution in [0.2, 0.25) is 0 Å². The lowest BCUT2D eigenvalue weighted by atomic mass is 10.1. The number of carbonyl (C=O) groups is 2. The van der Waals surface area contributed by atoms with E-state index >= 15 is 0 Å². The van der Waals surface area contributed by atoms with E-state index in [4.69, 9.17) is 28.8 Å². The van der Waals surface area contributed by atoms with E-state index in [-0.39, 0.29) is 47.4 Å². The molecule has 0 bridgehead atoms. The summed E-state index contributed by atoms with van der Waals surface area (Å²) in [5.41, 5.74) is -1.92. The van der Waals surface area contributed by atoms with E-state index < -0.39 is 67.5 Å². The smallest absolute Gasteiger partial charge is 0.326 e. The minimum atomic E-state index is -3.96. The summed E-state index contributed by atoms with van der Waals surface area (Å²) < 4.78 is 81.0. The lowest BCUT2D eigenvalue weighted by molar-refractivity contribution is -0.159. The number of phenols is 1. The fourth-order valence-electron chi connectivity index (χ4n) is 5.74. The maximum atomic E-state index is 13.2. The fourth-order valence-corrected chi connectivity index (χ4v) is 9.36. The van der Waals surface area contributed by atoms with Gasteiger partial charge in [-0.1, -0.05) is 46.3 Å². The van der Waals surface area contributed by atoms with Crippen molar-refractivity contribution in [2.45, 2.75) is 113 Å². The van der Waals surface area contributed by atoms with Gasteiger partial charge < -0.3 is 39.0 Å². The number of esters is 2. The van der Waals surface area contributed by atoms with Crippen LogP contribution >= 0.6 is 22.6 Å². The first kappa shape index (κ1) is 51.6. The first-order valence-corrected chi connectivity index (χ1v) is 22.7. The van der Waals surface area contributed by atoms with Crippen molar-refractivity contribution in [3.05, 3.63) is 48.5 Å². The van der Waals surface area contributed by atoms with Crippen LogP contribution in [-0.2, 0) is 48.6 Å². The van der Waals surface area contributed by atoms with Crippen molar-refractivity contribution in [1.29, 1.82) is 0 Å². The lowest BCUT2D eigenvalue weighted by Gasteiger charge is -2.39. The third-order valence-corrected chi connectivity index (χ3v) is 12.3. The topological polar surface area (TPSA) is 216 Å². The summed E-state index contributed by atoms with van der Waals surface area (Å²) >= 11 is 2.14. The molecule has 0 aliphatic carbocycles. The van der Waals surface area contributed by atoms with E-state index in [2.05, 4.69) is 46.3 Å². The molecule has 6 unspecified atom stereocenters. The predicted molar refractivity (Wildman–Crippen MR) is 226 cm³/mol. The highest BCUT2D eigenvalue weighted by Gasteiger charge is 2.46. The molecule has 0 amide bonds. The van der Waals surface area contributed by atoms with Crippen LogP contribution in [0.25, 0.3) is 0 Å². The van der Waals surface area contributed by atoms with Gasteiger partial charge in [0.2, 0.25) is 20.0 Å². The first-order chi connectivity index (χ1) is 27.3. The number of aliphatic hydroxyl groups is 2. The molecule has 2 saturated heterocycles. The molecule has 0 spiro atoms. The number of carbonyl (C=O) groups excluding carboxylic acids is 2. The standard InChI is InChI=1S/C20H27NO7S.C14H19NO6S.C6H9IO/c1-14-13-21(18(15(2)28-14)19(22)26-5)29(24,25)17-9-7-16(8-10-17)27-12-6-11-20(3,4)23;1-9-8-15(13(10(2)21-9)14(17)20-3)22(18,19)12-6-4-11(16)5-7-12;1-6(2,8)4-3-5-7/h7-10,14-15,18,23H,12-13H2,1-5H3;4-7,9-10,13,16H,8H2,1-3H3;8H,5H2,1-2H3. The van der Waals surface area contributed by atoms with Crippen LogP contribution in [0.3, 0.4) is 0 Å². The molecular formula is C40H55IN2O14S2. The van der Waals surface area contributed by atoms with E-state index in [1.807, 2.05) is 0 Å². The van der Waals surface area contributed by atoms with Crippen molar-refractivity contribution in [1.82, 2.24) is 8.61 Å². The molecular weight excluding hydrogens is 923 g/mol. The molecule has 6 atom stereocenters. The Bertz CT molecular complexity index is 2050. The van der Waals surface area contributed by atoms with Gasteiger partial charge in [0.25, 0.3) is 0 Å². The molecule has 328 valence electrons. The average Bonchev–Trinajstić information content (AvgIpc) is 3.14. The number of hydrogen-bond donors (Lipinski definition) is 3. The average molecular weight is 979 g/mol. The minimum absolute atomic E-state index is 0.000466. The Morgan fingerprint density at radius 3 is 1.44 bits per heavy atom. The van der Waals surface area contributed by atoms with Gasteiger partial charge in [-0.2, -0.15) is 8.61 Å². The maximum Gasteiger partial charge on any atom is 0.326 e. The van der Waals surface area contributed by atoms with Crippen LogP contribution in [0, 0.1) is 23.7 Å². The molecule has 4 rings (SSSR count). The summed E-state index contributed by atoms with van der Waals surface area (Å²) in [6, 6.07) is 8.90. The van der Waals surface area contributed by atoms with Crippen LogP contribution < -0.4 is 4.74 Å². The van der Waals surface area contributed by atoms with Gasteiger partial charge in [0.15, 0.2) is 0 Å². The van der Waals surface area contributed by atoms with Crippen LogP contribution in [-0.4, -0.2) is 139 Å². The normalized spacial score (nSPS) is 22.6. The van der Waals surface area contributed by atoms with Gasteiger partial charge in [-0.3, -0.25) is 9.59 Å². The summed E-state index contributed by atoms with van der Waals surface area (Å²) in [6.07, 6.45) is -1.97. The van der Waals surface area contributed by atoms with Gasteiger partial charge in [-0.25, -0.2) is 16.8 Å². The lowest BCUT2D eigenvalue weighted by Crippen LogP contribution is -2.58. The molecule has 19 heteroatoms. The largest absolute Gasteiger partial charge is 0.508 e. The number of hydrogen-bond acceptors (Lipinski definition) is 14. The number of rotatable bonds is 8. The molecule has 16 nitrogen and oxygen atoms in total. The van der Waals surface area contributed by atoms with Gasteiger partial charge in [0.05, 0.1) is 52.9 Å². The van der Waals surface area contributed by atoms with Crippen LogP contribution in [0.5, 0.6) is 11.5 Å². The van der Waals surface area contributed by atoms with Gasteiger partial charge in [-0.15, -0.1) is 0 Å². The SMILES string of the molecule is CC(C)(O)C#CCI.COC(=O)C1C(C)OC(C)CN1S(=O)(=O)c1ccc(O)cc1.COC(=O)C1C(C)OC(C)CN1S(=O)(=O)c1ccc(OCC#CC(C)(C)O)cc1. The number of alkyl halides is 1. The van der Waals surface area contributed by atoms with Crippen LogP contribution in [0.1, 0.15) is 55.4 Å². The van der Waals surface area contributed by atoms with E-state index in [0.29, 0.717) is 5.75 Å². The van der Waals surface area contributed by atoms with Gasteiger partial charge in [-0.05, 0) is 104 Å². The number of halogens is 1. The maximum absolute atomic E-state index is 13.2. The number of morpholine rings is 2. The number of sulfonamides is 2. The van der Waals surface area contributed by atoms with Crippen molar-refractivity contribution < 1.29 is 65.4 Å². The predicted octanol–water partition coefficient (Wildman–Crippen LogP) is 3.11. The van der Waals surface area contributed by atoms with Gasteiger partial charge in [0, 0.05) is 13.1 Å². The molecule has 2 aromatic rings. The second-order valence-corrected chi connectivity index (χ2v) is 19.0. The zero-order chi connectivity index (χ0) is 44.9.